The van der Waals surface area contributed by atoms with Crippen LogP contribution in [0.5, 0.6) is 23.0 Å². The Morgan fingerprint density at radius 1 is 0.667 bits per heavy atom. The zero-order valence-electron chi connectivity index (χ0n) is 50.4. The van der Waals surface area contributed by atoms with Crippen LogP contribution in [0.4, 0.5) is 9.18 Å². The lowest BCUT2D eigenvalue weighted by atomic mass is 9.94. The minimum absolute atomic E-state index is 0.0223. The molecule has 0 bridgehead atoms. The van der Waals surface area contributed by atoms with E-state index in [0.29, 0.717) is 105 Å². The number of benzene rings is 3. The van der Waals surface area contributed by atoms with Gasteiger partial charge < -0.3 is 63.4 Å². The molecular formula is C63H95FN6O11. The van der Waals surface area contributed by atoms with Gasteiger partial charge in [0.25, 0.3) is 11.8 Å². The molecule has 0 unspecified atom stereocenters. The van der Waals surface area contributed by atoms with Crippen LogP contribution in [0.3, 0.4) is 0 Å². The Bertz CT molecular complexity index is 2440. The largest absolute Gasteiger partial charge is 0.493 e. The van der Waals surface area contributed by atoms with Gasteiger partial charge in [-0.05, 0) is 173 Å². The number of hydrogen-bond donors (Lipinski definition) is 2. The predicted molar refractivity (Wildman–Crippen MR) is 312 cm³/mol. The maximum Gasteiger partial charge on any atom is 0.410 e. The fraction of sp³-hybridized carbons (Fsp3) is 0.651. The van der Waals surface area contributed by atoms with Crippen molar-refractivity contribution in [3.05, 3.63) is 83.2 Å². The number of hydrogen-bond acceptors (Lipinski definition) is 13. The fourth-order valence-corrected chi connectivity index (χ4v) is 10.8. The van der Waals surface area contributed by atoms with Crippen molar-refractivity contribution in [2.75, 3.05) is 81.0 Å². The molecule has 450 valence electrons. The molecule has 4 fully saturated rings. The molecule has 4 aliphatic rings. The number of nitrogens with zero attached hydrogens (tertiary/aromatic N) is 4. The lowest BCUT2D eigenvalue weighted by Gasteiger charge is -2.45. The summed E-state index contributed by atoms with van der Waals surface area (Å²) in [7, 11) is 6.49. The summed E-state index contributed by atoms with van der Waals surface area (Å²) in [6.07, 6.45) is 11.3. The Morgan fingerprint density at radius 2 is 1.21 bits per heavy atom. The Kier molecular flexibility index (Phi) is 25.2. The molecule has 2 saturated heterocycles. The molecule has 2 heterocycles. The van der Waals surface area contributed by atoms with Crippen LogP contribution in [0, 0.1) is 5.82 Å². The highest BCUT2D eigenvalue weighted by Gasteiger charge is 2.40. The van der Waals surface area contributed by atoms with Crippen LogP contribution in [0.2, 0.25) is 0 Å². The van der Waals surface area contributed by atoms with Crippen molar-refractivity contribution in [3.8, 4) is 23.0 Å². The highest BCUT2D eigenvalue weighted by molar-refractivity contribution is 5.96. The number of methoxy groups -OCH3 is 4. The van der Waals surface area contributed by atoms with E-state index in [4.69, 9.17) is 33.2 Å². The van der Waals surface area contributed by atoms with Crippen molar-refractivity contribution in [2.45, 2.75) is 186 Å². The third kappa shape index (κ3) is 20.0. The van der Waals surface area contributed by atoms with Gasteiger partial charge in [0.1, 0.15) is 11.4 Å². The van der Waals surface area contributed by atoms with Gasteiger partial charge in [0, 0.05) is 113 Å². The van der Waals surface area contributed by atoms with Crippen LogP contribution >= 0.6 is 0 Å². The van der Waals surface area contributed by atoms with E-state index >= 15 is 0 Å². The molecule has 2 saturated carbocycles. The molecule has 81 heavy (non-hydrogen) atoms. The summed E-state index contributed by atoms with van der Waals surface area (Å²) < 4.78 is 52.0. The van der Waals surface area contributed by atoms with Crippen LogP contribution in [-0.4, -0.2) is 178 Å². The Balaban J connectivity index is 0.000000262. The monoisotopic (exact) mass is 1130 g/mol. The molecule has 17 nitrogen and oxygen atoms in total. The van der Waals surface area contributed by atoms with Crippen molar-refractivity contribution >= 4 is 23.8 Å². The zero-order valence-corrected chi connectivity index (χ0v) is 50.4. The summed E-state index contributed by atoms with van der Waals surface area (Å²) in [6.45, 7) is 18.7. The van der Waals surface area contributed by atoms with Gasteiger partial charge in [-0.3, -0.25) is 14.4 Å². The second kappa shape index (κ2) is 31.7. The van der Waals surface area contributed by atoms with Crippen molar-refractivity contribution in [3.63, 3.8) is 0 Å². The van der Waals surface area contributed by atoms with Crippen molar-refractivity contribution < 1.29 is 56.7 Å². The quantitative estimate of drug-likeness (QED) is 0.0660. The number of carbonyl (C=O) groups is 4. The number of likely N-dealkylation sites (tertiary alicyclic amines) is 1. The molecular weight excluding hydrogens is 1040 g/mol. The molecule has 3 aromatic rings. The first kappa shape index (κ1) is 64.5. The molecule has 2 aliphatic heterocycles. The number of amides is 4. The third-order valence-corrected chi connectivity index (χ3v) is 15.3. The second-order valence-corrected chi connectivity index (χ2v) is 23.5. The average Bonchev–Trinajstić information content (AvgIpc) is 4.41. The van der Waals surface area contributed by atoms with Gasteiger partial charge >= 0.3 is 6.09 Å². The first-order valence-electron chi connectivity index (χ1n) is 29.6. The molecule has 2 aliphatic carbocycles. The van der Waals surface area contributed by atoms with Crippen LogP contribution < -0.4 is 29.6 Å². The van der Waals surface area contributed by atoms with E-state index in [9.17, 15) is 23.6 Å². The Morgan fingerprint density at radius 3 is 1.69 bits per heavy atom. The summed E-state index contributed by atoms with van der Waals surface area (Å²) in [5.41, 5.74) is 1.36. The molecule has 3 aromatic carbocycles. The van der Waals surface area contributed by atoms with Crippen molar-refractivity contribution in [2.24, 2.45) is 0 Å². The third-order valence-electron chi connectivity index (χ3n) is 15.3. The molecule has 4 amide bonds. The lowest BCUT2D eigenvalue weighted by Crippen LogP contribution is -2.57. The number of piperidine rings is 2. The van der Waals surface area contributed by atoms with E-state index in [1.807, 2.05) is 54.2 Å². The van der Waals surface area contributed by atoms with Gasteiger partial charge in [0.2, 0.25) is 5.91 Å². The van der Waals surface area contributed by atoms with E-state index in [1.165, 1.54) is 25.0 Å². The maximum atomic E-state index is 13.9. The van der Waals surface area contributed by atoms with E-state index in [2.05, 4.69) is 24.5 Å². The van der Waals surface area contributed by atoms with E-state index < -0.39 is 5.60 Å². The summed E-state index contributed by atoms with van der Waals surface area (Å²) in [6, 6.07) is 18.1. The molecule has 0 aromatic heterocycles. The highest BCUT2D eigenvalue weighted by Crippen LogP contribution is 2.34. The van der Waals surface area contributed by atoms with E-state index in [0.717, 1.165) is 76.3 Å². The van der Waals surface area contributed by atoms with Crippen molar-refractivity contribution in [1.82, 2.24) is 30.2 Å². The summed E-state index contributed by atoms with van der Waals surface area (Å²) >= 11 is 0. The number of rotatable bonds is 28. The van der Waals surface area contributed by atoms with Crippen LogP contribution in [-0.2, 0) is 25.4 Å². The van der Waals surface area contributed by atoms with Gasteiger partial charge in [0.15, 0.2) is 23.0 Å². The first-order chi connectivity index (χ1) is 38.8. The predicted octanol–water partition coefficient (Wildman–Crippen LogP) is 9.72. The second-order valence-electron chi connectivity index (χ2n) is 23.5. The van der Waals surface area contributed by atoms with Gasteiger partial charge in [-0.25, -0.2) is 9.18 Å². The molecule has 18 heteroatoms. The number of ether oxygens (including phenoxy) is 7. The van der Waals surface area contributed by atoms with Crippen molar-refractivity contribution in [1.29, 1.82) is 0 Å². The zero-order chi connectivity index (χ0) is 58.6. The summed E-state index contributed by atoms with van der Waals surface area (Å²) in [4.78, 5) is 61.8. The lowest BCUT2D eigenvalue weighted by molar-refractivity contribution is -0.131. The number of nitrogens with one attached hydrogen (secondary N) is 2. The minimum Gasteiger partial charge on any atom is -0.493 e. The normalized spacial score (nSPS) is 19.1. The molecule has 2 N–H and O–H groups in total. The van der Waals surface area contributed by atoms with E-state index in [1.54, 1.807) is 77.0 Å². The van der Waals surface area contributed by atoms with Gasteiger partial charge in [-0.15, -0.1) is 0 Å². The van der Waals surface area contributed by atoms with Gasteiger partial charge in [0.05, 0.1) is 39.9 Å². The Labute approximate surface area is 482 Å². The molecule has 0 spiro atoms. The molecule has 0 radical (unpaired) electrons. The van der Waals surface area contributed by atoms with Crippen LogP contribution in [0.1, 0.15) is 152 Å². The first-order valence-corrected chi connectivity index (χ1v) is 29.6. The average molecular weight is 1130 g/mol. The smallest absolute Gasteiger partial charge is 0.410 e. The molecule has 7 rings (SSSR count). The minimum atomic E-state index is -0.586. The van der Waals surface area contributed by atoms with E-state index in [-0.39, 0.29) is 59.8 Å². The Hall–Kier alpha value is -5.69. The van der Waals surface area contributed by atoms with Crippen LogP contribution in [0.25, 0.3) is 0 Å². The standard InChI is InChI=1S/C33H46FN3O5.C30H49N3O6/c1-23(2)37(33(39)25-8-15-30(41-4)31(21-25)42-19-5-18-40-3)29-12-11-27(35-22-29)16-17-36(28-13-14-28)32(38)20-24-6-9-26(34)10-7-24;1-21(2)33(28(34)22-9-14-26(37-7)27(19-22)38-18-8-17-36-6)25-13-12-24(15-16-31-23-10-11-23)32(20-25)29(35)39-30(3,4)5/h6-10,15,21,23,27-29,35H,5,11-14,16-20,22H2,1-4H3;9,14,19,21,23-25,31H,8,10-13,15-18,20H2,1-7H3/t27-,29-;24-,25-/m11/s1. The van der Waals surface area contributed by atoms with Gasteiger partial charge in [-0.2, -0.15) is 0 Å². The highest BCUT2D eigenvalue weighted by atomic mass is 19.1. The topological polar surface area (TPSA) is 170 Å². The maximum absolute atomic E-state index is 13.9. The number of carbonyl (C=O) groups excluding carboxylic acids is 4. The SMILES string of the molecule is COCCCOc1cc(C(=O)N(C(C)C)[C@@H]2CC[C@H](CCN(C(=O)Cc3ccc(F)cc3)C3CC3)NC2)ccc1OC.COCCCOc1cc(C(=O)N(C(C)C)[C@@H]2CC[C@H](CCNC3CC3)N(C(=O)OC(C)(C)C)C2)ccc1OC. The fourth-order valence-electron chi connectivity index (χ4n) is 10.8. The summed E-state index contributed by atoms with van der Waals surface area (Å²) in [5.74, 6) is 1.97. The number of halogens is 1. The summed E-state index contributed by atoms with van der Waals surface area (Å²) in [5, 5.41) is 7.23. The van der Waals surface area contributed by atoms with Gasteiger partial charge in [-0.1, -0.05) is 12.1 Å². The van der Waals surface area contributed by atoms with Crippen LogP contribution in [0.15, 0.2) is 60.7 Å². The molecule has 4 atom stereocenters.